The van der Waals surface area contributed by atoms with Crippen LogP contribution in [-0.4, -0.2) is 97.3 Å². The van der Waals surface area contributed by atoms with Crippen LogP contribution in [0, 0.1) is 5.82 Å². The third kappa shape index (κ3) is 9.94. The second kappa shape index (κ2) is 17.0. The van der Waals surface area contributed by atoms with Crippen LogP contribution in [0.4, 0.5) is 4.39 Å². The molecule has 3 aromatic rings. The monoisotopic (exact) mass is 632 g/mol. The van der Waals surface area contributed by atoms with E-state index in [2.05, 4.69) is 10.6 Å². The van der Waals surface area contributed by atoms with Gasteiger partial charge >= 0.3 is 0 Å². The molecule has 3 aromatic carbocycles. The van der Waals surface area contributed by atoms with Gasteiger partial charge in [-0.2, -0.15) is 0 Å². The van der Waals surface area contributed by atoms with Gasteiger partial charge in [0, 0.05) is 39.5 Å². The Balaban J connectivity index is 1.57. The number of halogens is 1. The molecule has 246 valence electrons. The second-order valence-electron chi connectivity index (χ2n) is 12.0. The maximum atomic E-state index is 14.3. The van der Waals surface area contributed by atoms with Crippen molar-refractivity contribution < 1.29 is 28.6 Å². The maximum Gasteiger partial charge on any atom is 0.249 e. The average molecular weight is 633 g/mol. The number of nitrogens with zero attached hydrogens (tertiary/aromatic N) is 2. The van der Waals surface area contributed by atoms with Gasteiger partial charge in [-0.1, -0.05) is 66.7 Å². The van der Waals surface area contributed by atoms with Crippen LogP contribution in [0.15, 0.2) is 78.9 Å². The van der Waals surface area contributed by atoms with Crippen molar-refractivity contribution >= 4 is 17.7 Å². The first-order valence-electron chi connectivity index (χ1n) is 15.8. The number of aliphatic hydroxyl groups is 1. The lowest BCUT2D eigenvalue weighted by Gasteiger charge is -2.34. The fourth-order valence-electron chi connectivity index (χ4n) is 5.54. The predicted molar refractivity (Wildman–Crippen MR) is 175 cm³/mol. The van der Waals surface area contributed by atoms with E-state index in [1.807, 2.05) is 54.6 Å². The van der Waals surface area contributed by atoms with Gasteiger partial charge in [0.1, 0.15) is 24.5 Å². The van der Waals surface area contributed by atoms with Crippen molar-refractivity contribution in [1.29, 1.82) is 0 Å². The molecule has 1 aliphatic heterocycles. The third-order valence-corrected chi connectivity index (χ3v) is 8.37. The number of hydrogen-bond acceptors (Lipinski definition) is 6. The molecule has 0 bridgehead atoms. The summed E-state index contributed by atoms with van der Waals surface area (Å²) in [4.78, 5) is 43.8. The third-order valence-electron chi connectivity index (χ3n) is 8.37. The molecule has 4 atom stereocenters. The van der Waals surface area contributed by atoms with Crippen LogP contribution >= 0.6 is 0 Å². The van der Waals surface area contributed by atoms with Gasteiger partial charge in [-0.25, -0.2) is 4.39 Å². The first kappa shape index (κ1) is 34.7. The van der Waals surface area contributed by atoms with Crippen LogP contribution in [0.2, 0.25) is 0 Å². The molecule has 9 nitrogen and oxygen atoms in total. The van der Waals surface area contributed by atoms with Crippen molar-refractivity contribution in [1.82, 2.24) is 20.4 Å². The normalized spacial score (nSPS) is 16.3. The molecule has 46 heavy (non-hydrogen) atoms. The largest absolute Gasteiger partial charge is 0.392 e. The minimum atomic E-state index is -0.979. The number of carbonyl (C=O) groups excluding carboxylic acids is 3. The zero-order valence-corrected chi connectivity index (χ0v) is 26.8. The fourth-order valence-corrected chi connectivity index (χ4v) is 5.54. The summed E-state index contributed by atoms with van der Waals surface area (Å²) in [7, 11) is 3.11. The van der Waals surface area contributed by atoms with E-state index in [-0.39, 0.29) is 37.9 Å². The number of ether oxygens (including phenoxy) is 1. The molecular weight excluding hydrogens is 587 g/mol. The van der Waals surface area contributed by atoms with Crippen molar-refractivity contribution in [3.05, 3.63) is 95.8 Å². The second-order valence-corrected chi connectivity index (χ2v) is 12.0. The molecule has 1 saturated heterocycles. The summed E-state index contributed by atoms with van der Waals surface area (Å²) in [6.07, 6.45) is 1.59. The first-order chi connectivity index (χ1) is 22.1. The van der Waals surface area contributed by atoms with Gasteiger partial charge in [-0.3, -0.25) is 14.4 Å². The molecule has 0 spiro atoms. The Morgan fingerprint density at radius 2 is 1.52 bits per heavy atom. The molecule has 4 unspecified atom stereocenters. The highest BCUT2D eigenvalue weighted by molar-refractivity contribution is 5.92. The summed E-state index contributed by atoms with van der Waals surface area (Å²) >= 11 is 0. The van der Waals surface area contributed by atoms with Crippen LogP contribution in [0.3, 0.4) is 0 Å². The molecule has 1 fully saturated rings. The van der Waals surface area contributed by atoms with E-state index in [1.165, 1.54) is 29.0 Å². The Hall–Kier alpha value is -4.12. The molecule has 4 rings (SSSR count). The van der Waals surface area contributed by atoms with E-state index in [0.717, 1.165) is 36.1 Å². The fraction of sp³-hybridized carbons (Fsp3) is 0.417. The van der Waals surface area contributed by atoms with Crippen molar-refractivity contribution in [3.63, 3.8) is 0 Å². The van der Waals surface area contributed by atoms with Crippen molar-refractivity contribution in [2.24, 2.45) is 0 Å². The Morgan fingerprint density at radius 1 is 0.913 bits per heavy atom. The standard InChI is InChI=1S/C36H45FN4O5/c1-25(42)22-39-35(44)32(20-27-13-17-30(37)18-14-27)41(3)36(45)33(40(2)34(43)24-46-23-31-10-7-19-38-31)21-26-11-15-29(16-12-26)28-8-5-4-6-9-28/h4-6,8-9,11-18,25,31-33,38,42H,7,10,19-24H2,1-3H3,(H,39,44). The van der Waals surface area contributed by atoms with E-state index in [9.17, 15) is 23.9 Å². The van der Waals surface area contributed by atoms with Gasteiger partial charge in [0.15, 0.2) is 0 Å². The summed E-state index contributed by atoms with van der Waals surface area (Å²) < 4.78 is 19.4. The van der Waals surface area contributed by atoms with Gasteiger partial charge in [-0.15, -0.1) is 0 Å². The maximum absolute atomic E-state index is 14.3. The van der Waals surface area contributed by atoms with Crippen LogP contribution in [0.25, 0.3) is 11.1 Å². The number of likely N-dealkylation sites (N-methyl/N-ethyl adjacent to an activating group) is 2. The number of nitrogens with one attached hydrogen (secondary N) is 2. The zero-order chi connectivity index (χ0) is 33.1. The number of benzene rings is 3. The molecule has 0 aliphatic carbocycles. The van der Waals surface area contributed by atoms with Crippen molar-refractivity contribution in [2.75, 3.05) is 40.4 Å². The van der Waals surface area contributed by atoms with Gasteiger partial charge in [-0.05, 0) is 60.7 Å². The van der Waals surface area contributed by atoms with E-state index < -0.39 is 35.8 Å². The van der Waals surface area contributed by atoms with E-state index in [0.29, 0.717) is 12.2 Å². The smallest absolute Gasteiger partial charge is 0.249 e. The molecular formula is C36H45FN4O5. The summed E-state index contributed by atoms with van der Waals surface area (Å²) in [5.74, 6) is -1.65. The van der Waals surface area contributed by atoms with Gasteiger partial charge in [0.25, 0.3) is 0 Å². The molecule has 1 aliphatic rings. The minimum absolute atomic E-state index is 0.00352. The van der Waals surface area contributed by atoms with Crippen LogP contribution in [0.1, 0.15) is 30.9 Å². The lowest BCUT2D eigenvalue weighted by atomic mass is 9.98. The summed E-state index contributed by atoms with van der Waals surface area (Å²) in [5.41, 5.74) is 3.59. The minimum Gasteiger partial charge on any atom is -0.392 e. The highest BCUT2D eigenvalue weighted by Gasteiger charge is 2.35. The van der Waals surface area contributed by atoms with Crippen LogP contribution < -0.4 is 10.6 Å². The van der Waals surface area contributed by atoms with E-state index >= 15 is 0 Å². The molecule has 0 saturated carbocycles. The van der Waals surface area contributed by atoms with Gasteiger partial charge in [0.2, 0.25) is 17.7 Å². The summed E-state index contributed by atoms with van der Waals surface area (Å²) in [6, 6.07) is 21.8. The van der Waals surface area contributed by atoms with Crippen molar-refractivity contribution in [2.45, 2.75) is 56.8 Å². The Labute approximate surface area is 270 Å². The number of carbonyl (C=O) groups is 3. The molecule has 1 heterocycles. The highest BCUT2D eigenvalue weighted by atomic mass is 19.1. The molecule has 0 aromatic heterocycles. The first-order valence-corrected chi connectivity index (χ1v) is 15.8. The number of hydrogen-bond donors (Lipinski definition) is 3. The molecule has 3 N–H and O–H groups in total. The van der Waals surface area contributed by atoms with Crippen LogP contribution in [-0.2, 0) is 32.0 Å². The zero-order valence-electron chi connectivity index (χ0n) is 26.8. The lowest BCUT2D eigenvalue weighted by molar-refractivity contribution is -0.149. The van der Waals surface area contributed by atoms with E-state index in [1.54, 1.807) is 26.1 Å². The Kier molecular flexibility index (Phi) is 12.8. The highest BCUT2D eigenvalue weighted by Crippen LogP contribution is 2.21. The van der Waals surface area contributed by atoms with Crippen molar-refractivity contribution in [3.8, 4) is 11.1 Å². The average Bonchev–Trinajstić information content (AvgIpc) is 3.59. The predicted octanol–water partition coefficient (Wildman–Crippen LogP) is 3.20. The SMILES string of the molecule is CC(O)CNC(=O)C(Cc1ccc(F)cc1)N(C)C(=O)C(Cc1ccc(-c2ccccc2)cc1)N(C)C(=O)COCC1CCCN1. The Morgan fingerprint density at radius 3 is 2.13 bits per heavy atom. The van der Waals surface area contributed by atoms with Crippen LogP contribution in [0.5, 0.6) is 0 Å². The van der Waals surface area contributed by atoms with Gasteiger partial charge < -0.3 is 30.3 Å². The summed E-state index contributed by atoms with van der Waals surface area (Å²) in [6.45, 7) is 2.71. The van der Waals surface area contributed by atoms with E-state index in [4.69, 9.17) is 4.74 Å². The topological polar surface area (TPSA) is 111 Å². The molecule has 0 radical (unpaired) electrons. The molecule has 10 heteroatoms. The molecule has 3 amide bonds. The summed E-state index contributed by atoms with van der Waals surface area (Å²) in [5, 5.41) is 15.8. The number of aliphatic hydroxyl groups excluding tert-OH is 1. The number of amides is 3. The Bertz CT molecular complexity index is 1410. The lowest BCUT2D eigenvalue weighted by Crippen LogP contribution is -2.56. The van der Waals surface area contributed by atoms with Gasteiger partial charge in [0.05, 0.1) is 12.7 Å². The quantitative estimate of drug-likeness (QED) is 0.238. The number of rotatable bonds is 15.